The molecule has 0 aliphatic carbocycles. The van der Waals surface area contributed by atoms with Crippen molar-refractivity contribution in [3.05, 3.63) is 42.2 Å². The van der Waals surface area contributed by atoms with Gasteiger partial charge in [-0.05, 0) is 23.4 Å². The third-order valence-electron chi connectivity index (χ3n) is 3.55. The van der Waals surface area contributed by atoms with Crippen LogP contribution in [0.5, 0.6) is 0 Å². The fourth-order valence-corrected chi connectivity index (χ4v) is 2.47. The van der Waals surface area contributed by atoms with Crippen molar-refractivity contribution in [3.63, 3.8) is 0 Å². The molecule has 1 atom stereocenters. The van der Waals surface area contributed by atoms with Crippen LogP contribution >= 0.6 is 0 Å². The monoisotopic (exact) mass is 269 g/mol. The second-order valence-corrected chi connectivity index (χ2v) is 4.90. The van der Waals surface area contributed by atoms with E-state index in [1.54, 1.807) is 6.20 Å². The number of amides is 2. The molecule has 20 heavy (non-hydrogen) atoms. The number of carbonyl (C=O) groups excluding carboxylic acids is 2. The molecular formula is C15H15N3O2. The number of carbonyl (C=O) groups is 2. The molecule has 2 N–H and O–H groups in total. The molecule has 2 amide bonds. The summed E-state index contributed by atoms with van der Waals surface area (Å²) < 4.78 is 0. The molecule has 1 unspecified atom stereocenters. The maximum atomic E-state index is 11.7. The van der Waals surface area contributed by atoms with E-state index in [1.165, 1.54) is 0 Å². The molecule has 3 rings (SSSR count). The molecule has 0 saturated carbocycles. The van der Waals surface area contributed by atoms with Gasteiger partial charge in [0.15, 0.2) is 0 Å². The molecule has 0 bridgehead atoms. The molecule has 0 radical (unpaired) electrons. The number of fused-ring (bicyclic) bond motifs is 1. The Morgan fingerprint density at radius 1 is 1.30 bits per heavy atom. The first-order chi connectivity index (χ1) is 9.74. The van der Waals surface area contributed by atoms with Crippen molar-refractivity contribution in [1.82, 2.24) is 15.6 Å². The Morgan fingerprint density at radius 2 is 2.20 bits per heavy atom. The minimum Gasteiger partial charge on any atom is -0.302 e. The van der Waals surface area contributed by atoms with Crippen LogP contribution in [0.3, 0.4) is 0 Å². The lowest BCUT2D eigenvalue weighted by Crippen LogP contribution is -2.50. The van der Waals surface area contributed by atoms with E-state index >= 15 is 0 Å². The van der Waals surface area contributed by atoms with Gasteiger partial charge in [-0.2, -0.15) is 0 Å². The molecule has 1 fully saturated rings. The molecule has 5 heteroatoms. The van der Waals surface area contributed by atoms with Gasteiger partial charge >= 0.3 is 0 Å². The second kappa shape index (κ2) is 5.38. The summed E-state index contributed by atoms with van der Waals surface area (Å²) in [6.07, 6.45) is 4.53. The summed E-state index contributed by atoms with van der Waals surface area (Å²) in [4.78, 5) is 26.9. The number of nitrogens with one attached hydrogen (secondary N) is 2. The van der Waals surface area contributed by atoms with E-state index in [9.17, 15) is 9.59 Å². The van der Waals surface area contributed by atoms with Gasteiger partial charge in [0.1, 0.15) is 0 Å². The highest BCUT2D eigenvalue weighted by molar-refractivity contribution is 6.00. The quantitative estimate of drug-likeness (QED) is 0.819. The van der Waals surface area contributed by atoms with Gasteiger partial charge in [0, 0.05) is 30.7 Å². The third-order valence-corrected chi connectivity index (χ3v) is 3.55. The minimum atomic E-state index is -0.301. The standard InChI is InChI=1S/C15H15N3O2/c19-14-5-4-13(15(20)18-14)17-9-11-3-1-2-10-8-16-7-6-12(10)11/h1-3,6-8,13,17H,4-5,9H2,(H,18,19,20). The molecule has 1 aromatic heterocycles. The van der Waals surface area contributed by atoms with Gasteiger partial charge < -0.3 is 5.32 Å². The summed E-state index contributed by atoms with van der Waals surface area (Å²) in [6, 6.07) is 7.69. The topological polar surface area (TPSA) is 71.1 Å². The highest BCUT2D eigenvalue weighted by Gasteiger charge is 2.25. The van der Waals surface area contributed by atoms with Gasteiger partial charge in [-0.3, -0.25) is 19.9 Å². The van der Waals surface area contributed by atoms with Crippen LogP contribution in [0, 0.1) is 0 Å². The first kappa shape index (κ1) is 12.7. The Hall–Kier alpha value is -2.27. The number of pyridine rings is 1. The number of piperidine rings is 1. The Morgan fingerprint density at radius 3 is 3.05 bits per heavy atom. The lowest BCUT2D eigenvalue weighted by atomic mass is 10.0. The number of hydrogen-bond donors (Lipinski definition) is 2. The molecule has 1 aromatic carbocycles. The Kier molecular flexibility index (Phi) is 3.43. The van der Waals surface area contributed by atoms with Crippen LogP contribution < -0.4 is 10.6 Å². The average molecular weight is 269 g/mol. The SMILES string of the molecule is O=C1CCC(NCc2cccc3cnccc23)C(=O)N1. The van der Waals surface area contributed by atoms with E-state index in [2.05, 4.69) is 15.6 Å². The van der Waals surface area contributed by atoms with E-state index < -0.39 is 0 Å². The van der Waals surface area contributed by atoms with Gasteiger partial charge in [-0.1, -0.05) is 18.2 Å². The predicted octanol–water partition coefficient (Wildman–Crippen LogP) is 1.13. The number of benzene rings is 1. The van der Waals surface area contributed by atoms with E-state index in [0.29, 0.717) is 19.4 Å². The summed E-state index contributed by atoms with van der Waals surface area (Å²) in [7, 11) is 0. The summed E-state index contributed by atoms with van der Waals surface area (Å²) in [5.41, 5.74) is 1.12. The molecular weight excluding hydrogens is 254 g/mol. The van der Waals surface area contributed by atoms with Crippen molar-refractivity contribution in [3.8, 4) is 0 Å². The highest BCUT2D eigenvalue weighted by atomic mass is 16.2. The van der Waals surface area contributed by atoms with Gasteiger partial charge in [0.05, 0.1) is 6.04 Å². The number of rotatable bonds is 3. The minimum absolute atomic E-state index is 0.190. The van der Waals surface area contributed by atoms with Crippen LogP contribution in [-0.4, -0.2) is 22.8 Å². The summed E-state index contributed by atoms with van der Waals surface area (Å²) in [5.74, 6) is -0.424. The Balaban J connectivity index is 1.74. The van der Waals surface area contributed by atoms with Crippen molar-refractivity contribution < 1.29 is 9.59 Å². The zero-order chi connectivity index (χ0) is 13.9. The van der Waals surface area contributed by atoms with Crippen molar-refractivity contribution in [1.29, 1.82) is 0 Å². The number of hydrogen-bond acceptors (Lipinski definition) is 4. The molecule has 102 valence electrons. The summed E-state index contributed by atoms with van der Waals surface area (Å²) >= 11 is 0. The lowest BCUT2D eigenvalue weighted by molar-refractivity contribution is -0.134. The summed E-state index contributed by atoms with van der Waals surface area (Å²) in [6.45, 7) is 0.591. The van der Waals surface area contributed by atoms with Crippen LogP contribution in [0.4, 0.5) is 0 Å². The smallest absolute Gasteiger partial charge is 0.243 e. The average Bonchev–Trinajstić information content (AvgIpc) is 2.46. The first-order valence-electron chi connectivity index (χ1n) is 6.63. The molecule has 1 saturated heterocycles. The van der Waals surface area contributed by atoms with Crippen LogP contribution in [0.15, 0.2) is 36.7 Å². The molecule has 2 aromatic rings. The zero-order valence-electron chi connectivity index (χ0n) is 10.9. The van der Waals surface area contributed by atoms with Crippen molar-refractivity contribution >= 4 is 22.6 Å². The molecule has 1 aliphatic rings. The summed E-state index contributed by atoms with van der Waals surface area (Å²) in [5, 5.41) is 7.77. The van der Waals surface area contributed by atoms with E-state index in [-0.39, 0.29) is 17.9 Å². The van der Waals surface area contributed by atoms with Crippen LogP contribution in [0.1, 0.15) is 18.4 Å². The Labute approximate surface area is 116 Å². The van der Waals surface area contributed by atoms with Crippen LogP contribution in [-0.2, 0) is 16.1 Å². The van der Waals surface area contributed by atoms with Gasteiger partial charge in [-0.15, -0.1) is 0 Å². The van der Waals surface area contributed by atoms with Crippen LogP contribution in [0.25, 0.3) is 10.8 Å². The highest BCUT2D eigenvalue weighted by Crippen LogP contribution is 2.17. The van der Waals surface area contributed by atoms with E-state index in [4.69, 9.17) is 0 Å². The zero-order valence-corrected chi connectivity index (χ0v) is 10.9. The molecule has 5 nitrogen and oxygen atoms in total. The first-order valence-corrected chi connectivity index (χ1v) is 6.63. The van der Waals surface area contributed by atoms with Gasteiger partial charge in [0.25, 0.3) is 0 Å². The predicted molar refractivity (Wildman–Crippen MR) is 74.8 cm³/mol. The van der Waals surface area contributed by atoms with Crippen molar-refractivity contribution in [2.24, 2.45) is 0 Å². The van der Waals surface area contributed by atoms with Gasteiger partial charge in [0.2, 0.25) is 11.8 Å². The molecule has 1 aliphatic heterocycles. The van der Waals surface area contributed by atoms with Crippen LogP contribution in [0.2, 0.25) is 0 Å². The van der Waals surface area contributed by atoms with Crippen molar-refractivity contribution in [2.45, 2.75) is 25.4 Å². The number of imide groups is 1. The Bertz CT molecular complexity index is 664. The maximum absolute atomic E-state index is 11.7. The number of nitrogens with zero attached hydrogens (tertiary/aromatic N) is 1. The van der Waals surface area contributed by atoms with Gasteiger partial charge in [-0.25, -0.2) is 0 Å². The van der Waals surface area contributed by atoms with E-state index in [1.807, 2.05) is 30.5 Å². The largest absolute Gasteiger partial charge is 0.302 e. The fourth-order valence-electron chi connectivity index (χ4n) is 2.47. The molecule has 2 heterocycles. The maximum Gasteiger partial charge on any atom is 0.243 e. The fraction of sp³-hybridized carbons (Fsp3) is 0.267. The van der Waals surface area contributed by atoms with Crippen molar-refractivity contribution in [2.75, 3.05) is 0 Å². The van der Waals surface area contributed by atoms with E-state index in [0.717, 1.165) is 16.3 Å². The normalized spacial score (nSPS) is 19.1. The number of aromatic nitrogens is 1. The third kappa shape index (κ3) is 2.53. The second-order valence-electron chi connectivity index (χ2n) is 4.90. The lowest BCUT2D eigenvalue weighted by Gasteiger charge is -2.22. The molecule has 0 spiro atoms.